The van der Waals surface area contributed by atoms with E-state index in [2.05, 4.69) is 64.5 Å². The van der Waals surface area contributed by atoms with Gasteiger partial charge in [-0.1, -0.05) is 36.7 Å². The molecule has 4 heteroatoms. The van der Waals surface area contributed by atoms with Crippen LogP contribution in [0.1, 0.15) is 27.2 Å². The Kier molecular flexibility index (Phi) is 3.46. The summed E-state index contributed by atoms with van der Waals surface area (Å²) in [6.45, 7) is 7.71. The van der Waals surface area contributed by atoms with E-state index >= 15 is 0 Å². The number of fused-ring (bicyclic) bond motifs is 1. The van der Waals surface area contributed by atoms with Crippen molar-refractivity contribution < 1.29 is 0 Å². The van der Waals surface area contributed by atoms with Gasteiger partial charge >= 0.3 is 0 Å². The summed E-state index contributed by atoms with van der Waals surface area (Å²) in [5.41, 5.74) is 2.54. The number of rotatable bonds is 3. The fourth-order valence-electron chi connectivity index (χ4n) is 1.83. The third kappa shape index (κ3) is 2.63. The van der Waals surface area contributed by atoms with Crippen molar-refractivity contribution in [3.8, 4) is 0 Å². The maximum absolute atomic E-state index is 5.40. The molecule has 0 atom stereocenters. The third-order valence-corrected chi connectivity index (χ3v) is 4.10. The van der Waals surface area contributed by atoms with Gasteiger partial charge in [0.1, 0.15) is 0 Å². The number of nitrogens with one attached hydrogen (secondary N) is 1. The molecule has 0 spiro atoms. The van der Waals surface area contributed by atoms with Crippen LogP contribution >= 0.6 is 28.1 Å². The molecule has 2 nitrogen and oxygen atoms in total. The monoisotopic (exact) mass is 312 g/mol. The highest BCUT2D eigenvalue weighted by atomic mass is 79.9. The lowest BCUT2D eigenvalue weighted by atomic mass is 9.90. The van der Waals surface area contributed by atoms with Crippen LogP contribution in [0.25, 0.3) is 11.0 Å². The van der Waals surface area contributed by atoms with Gasteiger partial charge in [-0.25, -0.2) is 0 Å². The van der Waals surface area contributed by atoms with Gasteiger partial charge in [0, 0.05) is 11.0 Å². The molecule has 0 aliphatic heterocycles. The van der Waals surface area contributed by atoms with E-state index < -0.39 is 0 Å². The van der Waals surface area contributed by atoms with E-state index in [0.717, 1.165) is 27.7 Å². The van der Waals surface area contributed by atoms with Crippen molar-refractivity contribution in [3.63, 3.8) is 0 Å². The van der Waals surface area contributed by atoms with E-state index in [4.69, 9.17) is 12.2 Å². The molecule has 1 aromatic carbocycles. The lowest BCUT2D eigenvalue weighted by Gasteiger charge is -2.23. The van der Waals surface area contributed by atoms with Crippen LogP contribution in [-0.4, -0.2) is 9.55 Å². The number of H-pyrrole nitrogens is 1. The zero-order valence-corrected chi connectivity index (χ0v) is 12.8. The molecule has 0 amide bonds. The van der Waals surface area contributed by atoms with Crippen LogP contribution in [0.15, 0.2) is 22.7 Å². The fraction of sp³-hybridized carbons (Fsp3) is 0.462. The molecule has 2 rings (SSSR count). The van der Waals surface area contributed by atoms with E-state index in [1.807, 2.05) is 0 Å². The van der Waals surface area contributed by atoms with Crippen LogP contribution in [0.3, 0.4) is 0 Å². The van der Waals surface area contributed by atoms with Gasteiger partial charge in [0.15, 0.2) is 4.77 Å². The average Bonchev–Trinajstić information content (AvgIpc) is 2.54. The van der Waals surface area contributed by atoms with Gasteiger partial charge in [-0.2, -0.15) is 0 Å². The maximum Gasteiger partial charge on any atom is 0.178 e. The van der Waals surface area contributed by atoms with Crippen molar-refractivity contribution in [1.82, 2.24) is 9.55 Å². The SMILES string of the molecule is CCC(C)(C)Cn1c(=S)[nH]c2cc(Br)ccc21. The Morgan fingerprint density at radius 2 is 2.12 bits per heavy atom. The number of hydrogen-bond acceptors (Lipinski definition) is 1. The number of halogens is 1. The highest BCUT2D eigenvalue weighted by Crippen LogP contribution is 2.26. The quantitative estimate of drug-likeness (QED) is 0.800. The Labute approximate surface area is 115 Å². The number of aromatic amines is 1. The Bertz CT molecular complexity index is 595. The first-order valence-corrected chi connectivity index (χ1v) is 7.01. The van der Waals surface area contributed by atoms with Crippen LogP contribution in [0, 0.1) is 10.2 Å². The predicted octanol–water partition coefficient (Wildman–Crippen LogP) is 4.90. The molecule has 1 aromatic heterocycles. The molecule has 0 unspecified atom stereocenters. The standard InChI is InChI=1S/C13H17BrN2S/c1-4-13(2,3)8-16-11-6-5-9(14)7-10(11)15-12(16)17/h5-7H,4,8H2,1-3H3,(H,15,17). The van der Waals surface area contributed by atoms with Crippen molar-refractivity contribution in [2.45, 2.75) is 33.7 Å². The molecule has 92 valence electrons. The van der Waals surface area contributed by atoms with Crippen LogP contribution in [0.2, 0.25) is 0 Å². The second kappa shape index (κ2) is 4.58. The van der Waals surface area contributed by atoms with Crippen molar-refractivity contribution in [1.29, 1.82) is 0 Å². The van der Waals surface area contributed by atoms with E-state index in [1.54, 1.807) is 0 Å². The minimum absolute atomic E-state index is 0.264. The number of imidazole rings is 1. The molecule has 0 radical (unpaired) electrons. The fourth-order valence-corrected chi connectivity index (χ4v) is 2.47. The zero-order chi connectivity index (χ0) is 12.6. The summed E-state index contributed by atoms with van der Waals surface area (Å²) in [7, 11) is 0. The summed E-state index contributed by atoms with van der Waals surface area (Å²) in [6.07, 6.45) is 1.14. The van der Waals surface area contributed by atoms with Crippen molar-refractivity contribution in [3.05, 3.63) is 27.4 Å². The molecule has 17 heavy (non-hydrogen) atoms. The van der Waals surface area contributed by atoms with Gasteiger partial charge in [-0.3, -0.25) is 0 Å². The number of nitrogens with zero attached hydrogens (tertiary/aromatic N) is 1. The minimum Gasteiger partial charge on any atom is -0.331 e. The molecule has 0 saturated carbocycles. The number of hydrogen-bond donors (Lipinski definition) is 1. The van der Waals surface area contributed by atoms with Crippen molar-refractivity contribution >= 4 is 39.2 Å². The van der Waals surface area contributed by atoms with E-state index in [-0.39, 0.29) is 5.41 Å². The first-order chi connectivity index (χ1) is 7.93. The summed E-state index contributed by atoms with van der Waals surface area (Å²) in [5, 5.41) is 0. The summed E-state index contributed by atoms with van der Waals surface area (Å²) in [6, 6.07) is 6.23. The van der Waals surface area contributed by atoms with Gasteiger partial charge in [-0.05, 0) is 42.3 Å². The molecule has 0 saturated heterocycles. The van der Waals surface area contributed by atoms with Crippen LogP contribution in [0.4, 0.5) is 0 Å². The second-order valence-corrected chi connectivity index (χ2v) is 6.50. The zero-order valence-electron chi connectivity index (χ0n) is 10.4. The van der Waals surface area contributed by atoms with Gasteiger partial charge in [0.25, 0.3) is 0 Å². The lowest BCUT2D eigenvalue weighted by Crippen LogP contribution is -2.18. The first-order valence-electron chi connectivity index (χ1n) is 5.81. The maximum atomic E-state index is 5.40. The second-order valence-electron chi connectivity index (χ2n) is 5.20. The molecule has 1 N–H and O–H groups in total. The summed E-state index contributed by atoms with van der Waals surface area (Å²) < 4.78 is 4.07. The summed E-state index contributed by atoms with van der Waals surface area (Å²) in [4.78, 5) is 3.26. The van der Waals surface area contributed by atoms with Crippen LogP contribution < -0.4 is 0 Å². The van der Waals surface area contributed by atoms with E-state index in [9.17, 15) is 0 Å². The van der Waals surface area contributed by atoms with Crippen LogP contribution in [-0.2, 0) is 6.54 Å². The smallest absolute Gasteiger partial charge is 0.178 e. The van der Waals surface area contributed by atoms with E-state index in [0.29, 0.717) is 0 Å². The summed E-state index contributed by atoms with van der Waals surface area (Å²) in [5.74, 6) is 0. The molecule has 1 heterocycles. The first kappa shape index (κ1) is 12.8. The molecule has 0 fully saturated rings. The Morgan fingerprint density at radius 3 is 2.76 bits per heavy atom. The molecule has 0 aliphatic carbocycles. The largest absolute Gasteiger partial charge is 0.331 e. The predicted molar refractivity (Wildman–Crippen MR) is 78.9 cm³/mol. The molecular formula is C13H17BrN2S. The highest BCUT2D eigenvalue weighted by molar-refractivity contribution is 9.10. The third-order valence-electron chi connectivity index (χ3n) is 3.28. The van der Waals surface area contributed by atoms with Crippen molar-refractivity contribution in [2.75, 3.05) is 0 Å². The molecule has 2 aromatic rings. The average molecular weight is 313 g/mol. The topological polar surface area (TPSA) is 20.7 Å². The molecule has 0 bridgehead atoms. The van der Waals surface area contributed by atoms with Gasteiger partial charge in [0.05, 0.1) is 11.0 Å². The highest BCUT2D eigenvalue weighted by Gasteiger charge is 2.17. The van der Waals surface area contributed by atoms with Gasteiger partial charge in [-0.15, -0.1) is 0 Å². The van der Waals surface area contributed by atoms with E-state index in [1.165, 1.54) is 5.52 Å². The van der Waals surface area contributed by atoms with Crippen LogP contribution in [0.5, 0.6) is 0 Å². The Balaban J connectivity index is 2.54. The lowest BCUT2D eigenvalue weighted by molar-refractivity contribution is 0.297. The Morgan fingerprint density at radius 1 is 1.41 bits per heavy atom. The number of aromatic nitrogens is 2. The van der Waals surface area contributed by atoms with Gasteiger partial charge < -0.3 is 9.55 Å². The normalized spacial score (nSPS) is 12.2. The van der Waals surface area contributed by atoms with Gasteiger partial charge in [0.2, 0.25) is 0 Å². The minimum atomic E-state index is 0.264. The summed E-state index contributed by atoms with van der Waals surface area (Å²) >= 11 is 8.88. The Hall–Kier alpha value is -0.610. The molecule has 0 aliphatic rings. The number of benzene rings is 1. The molecular weight excluding hydrogens is 296 g/mol. The van der Waals surface area contributed by atoms with Crippen molar-refractivity contribution in [2.24, 2.45) is 5.41 Å².